The molecule has 26 heavy (non-hydrogen) atoms. The molecule has 0 unspecified atom stereocenters. The number of carbonyl (C=O) groups is 1. The number of piperidine rings is 1. The molecular weight excluding hydrogens is 328 g/mol. The van der Waals surface area contributed by atoms with Gasteiger partial charge in [0.2, 0.25) is 0 Å². The Hall–Kier alpha value is -2.15. The molecule has 7 heteroatoms. The van der Waals surface area contributed by atoms with Crippen LogP contribution in [0.15, 0.2) is 12.1 Å². The lowest BCUT2D eigenvalue weighted by atomic mass is 9.95. The first-order valence-electron chi connectivity index (χ1n) is 9.73. The normalized spacial score (nSPS) is 19.0. The van der Waals surface area contributed by atoms with Gasteiger partial charge in [0.1, 0.15) is 17.3 Å². The third kappa shape index (κ3) is 4.72. The van der Waals surface area contributed by atoms with Crippen LogP contribution in [0.1, 0.15) is 50.5 Å². The van der Waals surface area contributed by atoms with Gasteiger partial charge in [0.15, 0.2) is 0 Å². The van der Waals surface area contributed by atoms with Crippen molar-refractivity contribution >= 4 is 23.3 Å². The van der Waals surface area contributed by atoms with Crippen molar-refractivity contribution in [2.45, 2.75) is 57.0 Å². The van der Waals surface area contributed by atoms with Crippen LogP contribution in [0.5, 0.6) is 0 Å². The Bertz CT molecular complexity index is 635. The van der Waals surface area contributed by atoms with Gasteiger partial charge in [0.05, 0.1) is 0 Å². The molecule has 0 spiro atoms. The summed E-state index contributed by atoms with van der Waals surface area (Å²) < 4.78 is 0. The quantitative estimate of drug-likeness (QED) is 0.501. The predicted molar refractivity (Wildman–Crippen MR) is 105 cm³/mol. The van der Waals surface area contributed by atoms with Crippen molar-refractivity contribution < 1.29 is 4.79 Å². The molecule has 2 heterocycles. The van der Waals surface area contributed by atoms with Gasteiger partial charge in [-0.15, -0.1) is 0 Å². The molecule has 1 saturated carbocycles. The number of rotatable bonds is 6. The van der Waals surface area contributed by atoms with Gasteiger partial charge in [-0.2, -0.15) is 0 Å². The van der Waals surface area contributed by atoms with Crippen LogP contribution >= 0.6 is 0 Å². The summed E-state index contributed by atoms with van der Waals surface area (Å²) >= 11 is 0. The number of nitrogens with zero attached hydrogens (tertiary/aromatic N) is 1. The maximum absolute atomic E-state index is 12.5. The molecule has 2 fully saturated rings. The van der Waals surface area contributed by atoms with E-state index in [1.54, 1.807) is 7.05 Å². The van der Waals surface area contributed by atoms with Crippen molar-refractivity contribution in [3.63, 3.8) is 0 Å². The summed E-state index contributed by atoms with van der Waals surface area (Å²) in [4.78, 5) is 17.0. The third-order valence-corrected chi connectivity index (χ3v) is 5.26. The van der Waals surface area contributed by atoms with Crippen LogP contribution in [0.25, 0.3) is 0 Å². The standard InChI is InChI=1S/C19H30N6O/c1-21-18-15(17(20)19(26)24-14-9-11-22-12-10-14)7-8-16(25-18)23-13-5-3-2-4-6-13/h7-8,13-14,20,22H,2-6,9-12H2,1H3,(H,24,26)(H2,21,23,25). The first-order valence-corrected chi connectivity index (χ1v) is 9.73. The Balaban J connectivity index is 1.65. The lowest BCUT2D eigenvalue weighted by Crippen LogP contribution is -2.45. The highest BCUT2D eigenvalue weighted by Crippen LogP contribution is 2.23. The number of hydrogen-bond donors (Lipinski definition) is 5. The molecule has 5 N–H and O–H groups in total. The average molecular weight is 358 g/mol. The molecule has 0 radical (unpaired) electrons. The van der Waals surface area contributed by atoms with E-state index in [-0.39, 0.29) is 17.7 Å². The highest BCUT2D eigenvalue weighted by Gasteiger charge is 2.22. The van der Waals surface area contributed by atoms with Crippen molar-refractivity contribution in [3.05, 3.63) is 17.7 Å². The third-order valence-electron chi connectivity index (χ3n) is 5.26. The molecule has 0 aromatic carbocycles. The van der Waals surface area contributed by atoms with Gasteiger partial charge in [0.25, 0.3) is 5.91 Å². The van der Waals surface area contributed by atoms with Crippen LogP contribution < -0.4 is 21.3 Å². The first-order chi connectivity index (χ1) is 12.7. The summed E-state index contributed by atoms with van der Waals surface area (Å²) in [5.74, 6) is 1.04. The van der Waals surface area contributed by atoms with Crippen molar-refractivity contribution in [3.8, 4) is 0 Å². The molecule has 1 aromatic heterocycles. The molecule has 1 aliphatic heterocycles. The summed E-state index contributed by atoms with van der Waals surface area (Å²) in [5, 5.41) is 21.1. The molecule has 7 nitrogen and oxygen atoms in total. The smallest absolute Gasteiger partial charge is 0.270 e. The van der Waals surface area contributed by atoms with Gasteiger partial charge in [-0.3, -0.25) is 10.2 Å². The summed E-state index contributed by atoms with van der Waals surface area (Å²) in [6.07, 6.45) is 7.99. The molecule has 1 aliphatic carbocycles. The van der Waals surface area contributed by atoms with E-state index in [0.717, 1.165) is 31.7 Å². The molecule has 142 valence electrons. The predicted octanol–water partition coefficient (Wildman–Crippen LogP) is 2.10. The Kier molecular flexibility index (Phi) is 6.44. The zero-order valence-corrected chi connectivity index (χ0v) is 15.5. The zero-order valence-electron chi connectivity index (χ0n) is 15.5. The SMILES string of the molecule is CNc1nc(NC2CCCCC2)ccc1C(=N)C(=O)NC1CCNCC1. The van der Waals surface area contributed by atoms with Crippen molar-refractivity contribution in [1.29, 1.82) is 5.41 Å². The fourth-order valence-corrected chi connectivity index (χ4v) is 3.73. The van der Waals surface area contributed by atoms with Gasteiger partial charge in [-0.1, -0.05) is 19.3 Å². The molecule has 2 aliphatic rings. The largest absolute Gasteiger partial charge is 0.373 e. The van der Waals surface area contributed by atoms with E-state index in [0.29, 0.717) is 17.4 Å². The second-order valence-electron chi connectivity index (χ2n) is 7.19. The molecular formula is C19H30N6O. The molecule has 0 atom stereocenters. The maximum Gasteiger partial charge on any atom is 0.270 e. The summed E-state index contributed by atoms with van der Waals surface area (Å²) in [6.45, 7) is 1.81. The second-order valence-corrected chi connectivity index (χ2v) is 7.19. The van der Waals surface area contributed by atoms with Gasteiger partial charge >= 0.3 is 0 Å². The zero-order chi connectivity index (χ0) is 18.4. The first kappa shape index (κ1) is 18.6. The highest BCUT2D eigenvalue weighted by atomic mass is 16.1. The monoisotopic (exact) mass is 358 g/mol. The van der Waals surface area contributed by atoms with Crippen LogP contribution in [0.4, 0.5) is 11.6 Å². The Morgan fingerprint density at radius 1 is 1.12 bits per heavy atom. The van der Waals surface area contributed by atoms with Crippen molar-refractivity contribution in [1.82, 2.24) is 15.6 Å². The fraction of sp³-hybridized carbons (Fsp3) is 0.632. The van der Waals surface area contributed by atoms with Crippen molar-refractivity contribution in [2.24, 2.45) is 0 Å². The minimum Gasteiger partial charge on any atom is -0.373 e. The van der Waals surface area contributed by atoms with Crippen LogP contribution in [-0.4, -0.2) is 48.8 Å². The number of amides is 1. The van der Waals surface area contributed by atoms with E-state index in [1.807, 2.05) is 12.1 Å². The van der Waals surface area contributed by atoms with E-state index in [9.17, 15) is 4.79 Å². The van der Waals surface area contributed by atoms with Crippen LogP contribution in [0, 0.1) is 5.41 Å². The molecule has 1 aromatic rings. The van der Waals surface area contributed by atoms with Gasteiger partial charge in [-0.05, 0) is 50.9 Å². The Morgan fingerprint density at radius 3 is 2.54 bits per heavy atom. The van der Waals surface area contributed by atoms with Crippen molar-refractivity contribution in [2.75, 3.05) is 30.8 Å². The minimum absolute atomic E-state index is 0.0374. The minimum atomic E-state index is -0.330. The second kappa shape index (κ2) is 8.98. The average Bonchev–Trinajstić information content (AvgIpc) is 2.69. The van der Waals surface area contributed by atoms with E-state index in [2.05, 4.69) is 26.3 Å². The molecule has 3 rings (SSSR count). The van der Waals surface area contributed by atoms with E-state index >= 15 is 0 Å². The number of hydrogen-bond acceptors (Lipinski definition) is 6. The summed E-state index contributed by atoms with van der Waals surface area (Å²) in [7, 11) is 1.77. The van der Waals surface area contributed by atoms with E-state index < -0.39 is 0 Å². The topological polar surface area (TPSA) is 102 Å². The Morgan fingerprint density at radius 2 is 1.85 bits per heavy atom. The molecule has 1 amide bonds. The van der Waals surface area contributed by atoms with Crippen LogP contribution in [0.2, 0.25) is 0 Å². The number of anilines is 2. The fourth-order valence-electron chi connectivity index (χ4n) is 3.73. The van der Waals surface area contributed by atoms with Crippen LogP contribution in [0.3, 0.4) is 0 Å². The highest BCUT2D eigenvalue weighted by molar-refractivity contribution is 6.45. The Labute approximate surface area is 155 Å². The number of carbonyl (C=O) groups excluding carboxylic acids is 1. The van der Waals surface area contributed by atoms with E-state index in [4.69, 9.17) is 5.41 Å². The summed E-state index contributed by atoms with van der Waals surface area (Å²) in [6, 6.07) is 4.29. The molecule has 0 bridgehead atoms. The number of pyridine rings is 1. The summed E-state index contributed by atoms with van der Waals surface area (Å²) in [5.41, 5.74) is 0.498. The maximum atomic E-state index is 12.5. The lowest BCUT2D eigenvalue weighted by molar-refractivity contribution is -0.115. The van der Waals surface area contributed by atoms with E-state index in [1.165, 1.54) is 32.1 Å². The molecule has 1 saturated heterocycles. The van der Waals surface area contributed by atoms with Gasteiger partial charge in [0, 0.05) is 24.7 Å². The number of aromatic nitrogens is 1. The van der Waals surface area contributed by atoms with Crippen LogP contribution in [-0.2, 0) is 4.79 Å². The lowest BCUT2D eigenvalue weighted by Gasteiger charge is -2.24. The van der Waals surface area contributed by atoms with Gasteiger partial charge in [-0.25, -0.2) is 4.98 Å². The van der Waals surface area contributed by atoms with Gasteiger partial charge < -0.3 is 21.3 Å². The number of nitrogens with one attached hydrogen (secondary N) is 5.